The van der Waals surface area contributed by atoms with E-state index in [2.05, 4.69) is 52.0 Å². The van der Waals surface area contributed by atoms with Crippen LogP contribution < -0.4 is 4.74 Å². The zero-order valence-electron chi connectivity index (χ0n) is 12.8. The van der Waals surface area contributed by atoms with Crippen molar-refractivity contribution in [2.45, 2.75) is 0 Å². The molecule has 0 spiro atoms. The lowest BCUT2D eigenvalue weighted by Gasteiger charge is -2.06. The minimum absolute atomic E-state index is 0.864. The lowest BCUT2D eigenvalue weighted by Crippen LogP contribution is -1.90. The van der Waals surface area contributed by atoms with E-state index in [0.717, 1.165) is 33.6 Å². The molecule has 0 unspecified atom stereocenters. The number of methoxy groups -OCH3 is 1. The molecule has 3 aromatic carbocycles. The Morgan fingerprint density at radius 2 is 1.57 bits per heavy atom. The van der Waals surface area contributed by atoms with Crippen LogP contribution in [0.3, 0.4) is 0 Å². The molecular formula is C20H16N2O. The van der Waals surface area contributed by atoms with E-state index in [1.165, 1.54) is 0 Å². The summed E-state index contributed by atoms with van der Waals surface area (Å²) in [6.45, 7) is 0. The Balaban J connectivity index is 1.77. The highest BCUT2D eigenvalue weighted by Gasteiger charge is 2.06. The third-order valence-corrected chi connectivity index (χ3v) is 4.00. The average molecular weight is 300 g/mol. The number of hydrogen-bond donors (Lipinski definition) is 0. The molecule has 0 radical (unpaired) electrons. The van der Waals surface area contributed by atoms with Crippen molar-refractivity contribution < 1.29 is 4.74 Å². The van der Waals surface area contributed by atoms with E-state index in [1.54, 1.807) is 7.11 Å². The molecule has 0 aliphatic heterocycles. The number of para-hydroxylation sites is 1. The highest BCUT2D eigenvalue weighted by atomic mass is 16.5. The summed E-state index contributed by atoms with van der Waals surface area (Å²) < 4.78 is 7.32. The summed E-state index contributed by atoms with van der Waals surface area (Å²) >= 11 is 0. The van der Waals surface area contributed by atoms with Gasteiger partial charge in [-0.15, -0.1) is 0 Å². The second-order valence-electron chi connectivity index (χ2n) is 5.38. The first-order chi connectivity index (χ1) is 11.3. The summed E-state index contributed by atoms with van der Waals surface area (Å²) in [5.41, 5.74) is 5.52. The molecule has 4 aromatic rings. The number of benzene rings is 3. The van der Waals surface area contributed by atoms with E-state index in [-0.39, 0.29) is 0 Å². The van der Waals surface area contributed by atoms with E-state index >= 15 is 0 Å². The van der Waals surface area contributed by atoms with Gasteiger partial charge in [-0.05, 0) is 47.5 Å². The van der Waals surface area contributed by atoms with Gasteiger partial charge in [0.15, 0.2) is 0 Å². The van der Waals surface area contributed by atoms with Crippen LogP contribution in [0.15, 0.2) is 79.1 Å². The average Bonchev–Trinajstić information content (AvgIpc) is 3.06. The van der Waals surface area contributed by atoms with Gasteiger partial charge in [-0.1, -0.05) is 36.4 Å². The van der Waals surface area contributed by atoms with Gasteiger partial charge in [0.2, 0.25) is 0 Å². The van der Waals surface area contributed by atoms with Crippen molar-refractivity contribution in [3.63, 3.8) is 0 Å². The van der Waals surface area contributed by atoms with Gasteiger partial charge in [0.25, 0.3) is 0 Å². The number of fused-ring (bicyclic) bond motifs is 1. The fraction of sp³-hybridized carbons (Fsp3) is 0.0500. The normalized spacial score (nSPS) is 10.8. The minimum Gasteiger partial charge on any atom is -0.497 e. The van der Waals surface area contributed by atoms with Crippen LogP contribution >= 0.6 is 0 Å². The lowest BCUT2D eigenvalue weighted by molar-refractivity contribution is 0.415. The number of rotatable bonds is 3. The molecule has 1 heterocycles. The fourth-order valence-corrected chi connectivity index (χ4v) is 2.77. The summed E-state index contributed by atoms with van der Waals surface area (Å²) in [6.07, 6.45) is 1.87. The third-order valence-electron chi connectivity index (χ3n) is 4.00. The maximum absolute atomic E-state index is 5.21. The Kier molecular flexibility index (Phi) is 3.31. The third kappa shape index (κ3) is 2.46. The van der Waals surface area contributed by atoms with Crippen molar-refractivity contribution >= 4 is 11.0 Å². The van der Waals surface area contributed by atoms with E-state index in [9.17, 15) is 0 Å². The van der Waals surface area contributed by atoms with Gasteiger partial charge >= 0.3 is 0 Å². The van der Waals surface area contributed by atoms with Crippen LogP contribution in [0.5, 0.6) is 5.75 Å². The molecule has 1 aromatic heterocycles. The van der Waals surface area contributed by atoms with Crippen molar-refractivity contribution in [1.29, 1.82) is 0 Å². The predicted molar refractivity (Wildman–Crippen MR) is 93.1 cm³/mol. The molecule has 0 aliphatic carbocycles. The van der Waals surface area contributed by atoms with Gasteiger partial charge in [0, 0.05) is 5.69 Å². The number of hydrogen-bond acceptors (Lipinski definition) is 2. The highest BCUT2D eigenvalue weighted by Crippen LogP contribution is 2.26. The molecule has 0 N–H and O–H groups in total. The van der Waals surface area contributed by atoms with Crippen molar-refractivity contribution in [3.8, 4) is 22.6 Å². The molecule has 0 atom stereocenters. The van der Waals surface area contributed by atoms with Gasteiger partial charge in [-0.2, -0.15) is 0 Å². The lowest BCUT2D eigenvalue weighted by atomic mass is 10.0. The Bertz CT molecular complexity index is 940. The second kappa shape index (κ2) is 5.61. The summed E-state index contributed by atoms with van der Waals surface area (Å²) in [4.78, 5) is 4.55. The van der Waals surface area contributed by atoms with Crippen LogP contribution in [-0.4, -0.2) is 16.7 Å². The number of imidazole rings is 1. The molecule has 0 aliphatic rings. The van der Waals surface area contributed by atoms with E-state index < -0.39 is 0 Å². The number of nitrogens with zero attached hydrogens (tertiary/aromatic N) is 2. The molecule has 0 saturated heterocycles. The molecular weight excluding hydrogens is 284 g/mol. The standard InChI is InChI=1S/C20H16N2O/c1-23-18-10-7-15(8-11-18)16-9-12-20-19(13-16)21-14-22(20)17-5-3-2-4-6-17/h2-14H,1H3. The summed E-state index contributed by atoms with van der Waals surface area (Å²) in [6, 6.07) is 24.7. The molecule has 23 heavy (non-hydrogen) atoms. The van der Waals surface area contributed by atoms with Gasteiger partial charge < -0.3 is 4.74 Å². The van der Waals surface area contributed by atoms with Crippen molar-refractivity contribution in [2.75, 3.05) is 7.11 Å². The summed E-state index contributed by atoms with van der Waals surface area (Å²) in [5.74, 6) is 0.864. The Labute approximate surface area is 134 Å². The smallest absolute Gasteiger partial charge is 0.118 e. The summed E-state index contributed by atoms with van der Waals surface area (Å²) in [7, 11) is 1.68. The van der Waals surface area contributed by atoms with Crippen LogP contribution in [-0.2, 0) is 0 Å². The first-order valence-corrected chi connectivity index (χ1v) is 7.52. The van der Waals surface area contributed by atoms with E-state index in [0.29, 0.717) is 0 Å². The molecule has 3 nitrogen and oxygen atoms in total. The SMILES string of the molecule is COc1ccc(-c2ccc3c(c2)ncn3-c2ccccc2)cc1. The van der Waals surface area contributed by atoms with E-state index in [4.69, 9.17) is 4.74 Å². The zero-order chi connectivity index (χ0) is 15.6. The van der Waals surface area contributed by atoms with E-state index in [1.807, 2.05) is 36.7 Å². The maximum Gasteiger partial charge on any atom is 0.118 e. The van der Waals surface area contributed by atoms with Crippen LogP contribution in [0.1, 0.15) is 0 Å². The van der Waals surface area contributed by atoms with Crippen LogP contribution in [0.2, 0.25) is 0 Å². The number of ether oxygens (including phenoxy) is 1. The second-order valence-corrected chi connectivity index (χ2v) is 5.38. The van der Waals surface area contributed by atoms with Crippen LogP contribution in [0, 0.1) is 0 Å². The monoisotopic (exact) mass is 300 g/mol. The largest absolute Gasteiger partial charge is 0.497 e. The van der Waals surface area contributed by atoms with Crippen LogP contribution in [0.4, 0.5) is 0 Å². The molecule has 4 rings (SSSR count). The molecule has 0 bridgehead atoms. The van der Waals surface area contributed by atoms with Gasteiger partial charge in [-0.25, -0.2) is 4.98 Å². The minimum atomic E-state index is 0.864. The molecule has 3 heteroatoms. The maximum atomic E-state index is 5.21. The van der Waals surface area contributed by atoms with Crippen LogP contribution in [0.25, 0.3) is 27.8 Å². The Morgan fingerprint density at radius 1 is 0.826 bits per heavy atom. The topological polar surface area (TPSA) is 27.1 Å². The first-order valence-electron chi connectivity index (χ1n) is 7.52. The van der Waals surface area contributed by atoms with Crippen molar-refractivity contribution in [3.05, 3.63) is 79.1 Å². The van der Waals surface area contributed by atoms with Gasteiger partial charge in [0.1, 0.15) is 12.1 Å². The molecule has 0 fully saturated rings. The van der Waals surface area contributed by atoms with Crippen molar-refractivity contribution in [2.24, 2.45) is 0 Å². The van der Waals surface area contributed by atoms with Gasteiger partial charge in [0.05, 0.1) is 18.1 Å². The number of aromatic nitrogens is 2. The molecule has 112 valence electrons. The zero-order valence-corrected chi connectivity index (χ0v) is 12.8. The Morgan fingerprint density at radius 3 is 2.30 bits per heavy atom. The highest BCUT2D eigenvalue weighted by molar-refractivity contribution is 5.83. The quantitative estimate of drug-likeness (QED) is 0.548. The Hall–Kier alpha value is -3.07. The van der Waals surface area contributed by atoms with Gasteiger partial charge in [-0.3, -0.25) is 4.57 Å². The van der Waals surface area contributed by atoms with Crippen molar-refractivity contribution in [1.82, 2.24) is 9.55 Å². The predicted octanol–water partition coefficient (Wildman–Crippen LogP) is 4.70. The molecule has 0 saturated carbocycles. The molecule has 0 amide bonds. The fourth-order valence-electron chi connectivity index (χ4n) is 2.77. The summed E-state index contributed by atoms with van der Waals surface area (Å²) in [5, 5.41) is 0. The first kappa shape index (κ1) is 13.6.